The van der Waals surface area contributed by atoms with Crippen LogP contribution in [0.4, 0.5) is 4.79 Å². The maximum Gasteiger partial charge on any atom is 0.407 e. The second-order valence-electron chi connectivity index (χ2n) is 6.55. The highest BCUT2D eigenvalue weighted by Crippen LogP contribution is 2.35. The van der Waals surface area contributed by atoms with E-state index in [-0.39, 0.29) is 18.1 Å². The smallest absolute Gasteiger partial charge is 0.407 e. The van der Waals surface area contributed by atoms with E-state index < -0.39 is 17.5 Å². The molecule has 1 aliphatic rings. The fourth-order valence-corrected chi connectivity index (χ4v) is 2.37. The highest BCUT2D eigenvalue weighted by molar-refractivity contribution is 5.68. The van der Waals surface area contributed by atoms with Gasteiger partial charge < -0.3 is 19.9 Å². The van der Waals surface area contributed by atoms with E-state index in [1.807, 2.05) is 34.6 Å². The summed E-state index contributed by atoms with van der Waals surface area (Å²) in [6.07, 6.45) is 1.90. The third-order valence-corrected chi connectivity index (χ3v) is 3.47. The lowest BCUT2D eigenvalue weighted by Crippen LogP contribution is -2.57. The predicted octanol–water partition coefficient (Wildman–Crippen LogP) is 2.59. The lowest BCUT2D eigenvalue weighted by molar-refractivity contribution is -0.280. The predicted molar refractivity (Wildman–Crippen MR) is 77.2 cm³/mol. The van der Waals surface area contributed by atoms with Gasteiger partial charge in [-0.05, 0) is 34.1 Å². The van der Waals surface area contributed by atoms with Crippen molar-refractivity contribution < 1.29 is 19.4 Å². The van der Waals surface area contributed by atoms with Crippen LogP contribution in [0, 0.1) is 5.92 Å². The van der Waals surface area contributed by atoms with Gasteiger partial charge in [-0.1, -0.05) is 13.0 Å². The number of rotatable bonds is 3. The van der Waals surface area contributed by atoms with Gasteiger partial charge in [-0.25, -0.2) is 4.79 Å². The Morgan fingerprint density at radius 2 is 2.15 bits per heavy atom. The summed E-state index contributed by atoms with van der Waals surface area (Å²) in [5.41, 5.74) is -0.530. The van der Waals surface area contributed by atoms with Gasteiger partial charge in [0.25, 0.3) is 0 Å². The number of carbonyl (C=O) groups excluding carboxylic acids is 1. The number of ether oxygens (including phenoxy) is 2. The van der Waals surface area contributed by atoms with Crippen LogP contribution in [0.15, 0.2) is 12.7 Å². The van der Waals surface area contributed by atoms with Gasteiger partial charge in [-0.3, -0.25) is 0 Å². The Morgan fingerprint density at radius 3 is 2.65 bits per heavy atom. The van der Waals surface area contributed by atoms with E-state index in [9.17, 15) is 9.90 Å². The van der Waals surface area contributed by atoms with E-state index in [1.165, 1.54) is 0 Å². The van der Waals surface area contributed by atoms with Crippen molar-refractivity contribution in [2.75, 3.05) is 0 Å². The van der Waals surface area contributed by atoms with Crippen LogP contribution in [0.3, 0.4) is 0 Å². The number of nitrogens with one attached hydrogen (secondary N) is 1. The molecule has 0 aromatic heterocycles. The molecular formula is C15H27NO4. The van der Waals surface area contributed by atoms with Gasteiger partial charge in [-0.2, -0.15) is 0 Å². The first kappa shape index (κ1) is 17.0. The van der Waals surface area contributed by atoms with Crippen molar-refractivity contribution in [3.63, 3.8) is 0 Å². The fraction of sp³-hybridized carbons (Fsp3) is 0.800. The molecule has 0 aliphatic carbocycles. The van der Waals surface area contributed by atoms with E-state index in [2.05, 4.69) is 11.9 Å². The molecule has 0 bridgehead atoms. The molecule has 0 saturated carbocycles. The SMILES string of the molecule is C=CC[C@@]1(O)O[C@H](C)[C@H](NC(=O)OC(C)(C)C)C[C@@H]1C. The van der Waals surface area contributed by atoms with Crippen LogP contribution in [0.1, 0.15) is 47.5 Å². The molecule has 2 N–H and O–H groups in total. The zero-order valence-electron chi connectivity index (χ0n) is 13.1. The van der Waals surface area contributed by atoms with Crippen molar-refractivity contribution in [1.82, 2.24) is 5.32 Å². The normalized spacial score (nSPS) is 34.4. The zero-order valence-corrected chi connectivity index (χ0v) is 13.1. The van der Waals surface area contributed by atoms with Crippen molar-refractivity contribution in [1.29, 1.82) is 0 Å². The summed E-state index contributed by atoms with van der Waals surface area (Å²) in [6, 6.07) is -0.176. The third-order valence-electron chi connectivity index (χ3n) is 3.47. The second-order valence-corrected chi connectivity index (χ2v) is 6.55. The molecule has 1 rings (SSSR count). The van der Waals surface area contributed by atoms with Gasteiger partial charge in [0.05, 0.1) is 12.1 Å². The van der Waals surface area contributed by atoms with E-state index in [4.69, 9.17) is 9.47 Å². The zero-order chi connectivity index (χ0) is 15.6. The molecule has 1 heterocycles. The van der Waals surface area contributed by atoms with Crippen LogP contribution in [-0.4, -0.2) is 34.7 Å². The first-order valence-corrected chi connectivity index (χ1v) is 7.08. The minimum Gasteiger partial charge on any atom is -0.444 e. The number of amides is 1. The molecular weight excluding hydrogens is 258 g/mol. The lowest BCUT2D eigenvalue weighted by Gasteiger charge is -2.44. The maximum atomic E-state index is 11.8. The van der Waals surface area contributed by atoms with E-state index >= 15 is 0 Å². The van der Waals surface area contributed by atoms with Crippen LogP contribution < -0.4 is 5.32 Å². The molecule has 1 saturated heterocycles. The van der Waals surface area contributed by atoms with Crippen LogP contribution in [0.25, 0.3) is 0 Å². The summed E-state index contributed by atoms with van der Waals surface area (Å²) in [6.45, 7) is 12.8. The largest absolute Gasteiger partial charge is 0.444 e. The molecule has 0 radical (unpaired) electrons. The van der Waals surface area contributed by atoms with Crippen LogP contribution >= 0.6 is 0 Å². The number of aliphatic hydroxyl groups is 1. The van der Waals surface area contributed by atoms with Crippen molar-refractivity contribution in [2.24, 2.45) is 5.92 Å². The molecule has 5 heteroatoms. The molecule has 4 atom stereocenters. The highest BCUT2D eigenvalue weighted by Gasteiger charge is 2.44. The molecule has 0 aromatic carbocycles. The summed E-state index contributed by atoms with van der Waals surface area (Å²) in [7, 11) is 0. The number of hydrogen-bond acceptors (Lipinski definition) is 4. The standard InChI is InChI=1S/C15H27NO4/c1-7-8-15(18)10(2)9-12(11(3)19-15)16-13(17)20-14(4,5)6/h7,10-12,18H,1,8-9H2,2-6H3,(H,16,17)/t10-,11+,12+,15+/m0/s1. The highest BCUT2D eigenvalue weighted by atomic mass is 16.6. The molecule has 1 aliphatic heterocycles. The van der Waals surface area contributed by atoms with Crippen molar-refractivity contribution in [2.45, 2.75) is 71.0 Å². The summed E-state index contributed by atoms with van der Waals surface area (Å²) >= 11 is 0. The average molecular weight is 285 g/mol. The van der Waals surface area contributed by atoms with Crippen LogP contribution in [0.2, 0.25) is 0 Å². The molecule has 116 valence electrons. The molecule has 0 aromatic rings. The topological polar surface area (TPSA) is 67.8 Å². The molecule has 20 heavy (non-hydrogen) atoms. The minimum absolute atomic E-state index is 0.100. The Hall–Kier alpha value is -1.07. The summed E-state index contributed by atoms with van der Waals surface area (Å²) < 4.78 is 10.9. The first-order valence-electron chi connectivity index (χ1n) is 7.08. The van der Waals surface area contributed by atoms with Gasteiger partial charge in [0.2, 0.25) is 0 Å². The monoisotopic (exact) mass is 285 g/mol. The third kappa shape index (κ3) is 4.49. The van der Waals surface area contributed by atoms with Gasteiger partial charge in [0, 0.05) is 12.3 Å². The van der Waals surface area contributed by atoms with Gasteiger partial charge in [0.15, 0.2) is 5.79 Å². The summed E-state index contributed by atoms with van der Waals surface area (Å²) in [4.78, 5) is 11.8. The van der Waals surface area contributed by atoms with Gasteiger partial charge in [-0.15, -0.1) is 6.58 Å². The van der Waals surface area contributed by atoms with Gasteiger partial charge in [0.1, 0.15) is 5.60 Å². The quantitative estimate of drug-likeness (QED) is 0.782. The first-order chi connectivity index (χ1) is 9.07. The Balaban J connectivity index is 2.63. The molecule has 1 amide bonds. The van der Waals surface area contributed by atoms with Crippen LogP contribution in [-0.2, 0) is 9.47 Å². The molecule has 1 fully saturated rings. The number of alkyl carbamates (subject to hydrolysis) is 1. The van der Waals surface area contributed by atoms with Crippen molar-refractivity contribution in [3.05, 3.63) is 12.7 Å². The lowest BCUT2D eigenvalue weighted by atomic mass is 9.85. The Bertz CT molecular complexity index is 363. The van der Waals surface area contributed by atoms with Crippen molar-refractivity contribution >= 4 is 6.09 Å². The second kappa shape index (κ2) is 6.14. The fourth-order valence-electron chi connectivity index (χ4n) is 2.37. The number of hydrogen-bond donors (Lipinski definition) is 2. The maximum absolute atomic E-state index is 11.8. The van der Waals surface area contributed by atoms with Gasteiger partial charge >= 0.3 is 6.09 Å². The average Bonchev–Trinajstić information content (AvgIpc) is 2.23. The van der Waals surface area contributed by atoms with E-state index in [0.29, 0.717) is 12.8 Å². The Labute approximate surface area is 121 Å². The minimum atomic E-state index is -1.20. The van der Waals surface area contributed by atoms with Crippen molar-refractivity contribution in [3.8, 4) is 0 Å². The van der Waals surface area contributed by atoms with E-state index in [0.717, 1.165) is 0 Å². The molecule has 5 nitrogen and oxygen atoms in total. The molecule has 0 unspecified atom stereocenters. The Kier molecular flexibility index (Phi) is 5.21. The summed E-state index contributed by atoms with van der Waals surface area (Å²) in [5.74, 6) is -1.30. The summed E-state index contributed by atoms with van der Waals surface area (Å²) in [5, 5.41) is 13.2. The Morgan fingerprint density at radius 1 is 1.55 bits per heavy atom. The van der Waals surface area contributed by atoms with Crippen LogP contribution in [0.5, 0.6) is 0 Å². The molecule has 0 spiro atoms. The number of carbonyl (C=O) groups is 1. The van der Waals surface area contributed by atoms with E-state index in [1.54, 1.807) is 6.08 Å².